The molecule has 1 atom stereocenters. The molecule has 1 fully saturated rings. The number of rotatable bonds is 2. The highest BCUT2D eigenvalue weighted by Crippen LogP contribution is 2.41. The average molecular weight is 348 g/mol. The summed E-state index contributed by atoms with van der Waals surface area (Å²) in [7, 11) is 0. The third kappa shape index (κ3) is 2.22. The number of nitrogens with one attached hydrogen (secondary N) is 2. The number of hydrogen-bond acceptors (Lipinski definition) is 3. The Labute approximate surface area is 149 Å². The number of nitrogens with zero attached hydrogens (tertiary/aromatic N) is 2. The number of anilines is 2. The van der Waals surface area contributed by atoms with Gasteiger partial charge >= 0.3 is 0 Å². The Kier molecular flexibility index (Phi) is 3.16. The van der Waals surface area contributed by atoms with Gasteiger partial charge in [-0.05, 0) is 47.9 Å². The Hall–Kier alpha value is -3.15. The molecule has 0 aliphatic carbocycles. The lowest BCUT2D eigenvalue weighted by Gasteiger charge is -2.24. The summed E-state index contributed by atoms with van der Waals surface area (Å²) in [5.74, 6) is -0.218. The molecule has 6 heteroatoms. The fourth-order valence-corrected chi connectivity index (χ4v) is 4.00. The molecule has 1 saturated heterocycles. The van der Waals surface area contributed by atoms with Crippen molar-refractivity contribution in [3.05, 3.63) is 66.2 Å². The van der Waals surface area contributed by atoms with Crippen LogP contribution in [0.5, 0.6) is 0 Å². The van der Waals surface area contributed by atoms with E-state index in [0.717, 1.165) is 28.1 Å². The van der Waals surface area contributed by atoms with E-state index >= 15 is 0 Å². The highest BCUT2D eigenvalue weighted by atomic mass is 19.1. The summed E-state index contributed by atoms with van der Waals surface area (Å²) in [6.07, 6.45) is 4.84. The number of aromatic nitrogens is 2. The van der Waals surface area contributed by atoms with Crippen molar-refractivity contribution >= 4 is 17.3 Å². The number of fused-ring (bicyclic) bond motifs is 1. The van der Waals surface area contributed by atoms with E-state index in [1.807, 2.05) is 35.4 Å². The van der Waals surface area contributed by atoms with Crippen molar-refractivity contribution in [3.63, 3.8) is 0 Å². The molecule has 2 aliphatic heterocycles. The van der Waals surface area contributed by atoms with Crippen LogP contribution in [-0.2, 0) is 11.2 Å². The quantitative estimate of drug-likeness (QED) is 0.746. The summed E-state index contributed by atoms with van der Waals surface area (Å²) in [6.45, 7) is 0.646. The number of amides is 1. The second-order valence-corrected chi connectivity index (χ2v) is 6.93. The van der Waals surface area contributed by atoms with Crippen LogP contribution in [0.2, 0.25) is 0 Å². The number of carbonyl (C=O) groups is 1. The molecule has 3 aromatic rings. The van der Waals surface area contributed by atoms with Crippen LogP contribution in [0.3, 0.4) is 0 Å². The molecule has 5 nitrogen and oxygen atoms in total. The molecule has 1 spiro atoms. The van der Waals surface area contributed by atoms with Crippen LogP contribution in [0.15, 0.2) is 54.9 Å². The fraction of sp³-hybridized carbons (Fsp3) is 0.200. The second-order valence-electron chi connectivity index (χ2n) is 6.93. The second kappa shape index (κ2) is 5.42. The van der Waals surface area contributed by atoms with Crippen LogP contribution < -0.4 is 10.2 Å². The molecule has 1 unspecified atom stereocenters. The molecule has 1 aromatic heterocycles. The standard InChI is InChI=1S/C20H17FN4O/c21-16-3-6-18-14(9-16)10-20(24-18)7-8-25(19(20)26)17-4-1-13(2-5-17)15-11-22-23-12-15/h1-6,9,11-12,24H,7-8,10H2,(H,22,23). The van der Waals surface area contributed by atoms with Crippen molar-refractivity contribution in [3.8, 4) is 11.1 Å². The minimum Gasteiger partial charge on any atom is -0.371 e. The van der Waals surface area contributed by atoms with E-state index in [-0.39, 0.29) is 11.7 Å². The molecule has 0 radical (unpaired) electrons. The van der Waals surface area contributed by atoms with Crippen molar-refractivity contribution in [1.29, 1.82) is 0 Å². The maximum atomic E-state index is 13.5. The summed E-state index contributed by atoms with van der Waals surface area (Å²) >= 11 is 0. The third-order valence-electron chi connectivity index (χ3n) is 5.36. The molecule has 5 rings (SSSR count). The normalized spacial score (nSPS) is 21.3. The molecule has 130 valence electrons. The monoisotopic (exact) mass is 348 g/mol. The Morgan fingerprint density at radius 1 is 1.12 bits per heavy atom. The molecule has 2 aromatic carbocycles. The first-order valence-corrected chi connectivity index (χ1v) is 8.62. The zero-order chi connectivity index (χ0) is 17.7. The zero-order valence-electron chi connectivity index (χ0n) is 14.0. The number of benzene rings is 2. The van der Waals surface area contributed by atoms with E-state index < -0.39 is 5.54 Å². The van der Waals surface area contributed by atoms with Crippen LogP contribution in [0.1, 0.15) is 12.0 Å². The Morgan fingerprint density at radius 2 is 1.96 bits per heavy atom. The van der Waals surface area contributed by atoms with Crippen LogP contribution >= 0.6 is 0 Å². The Bertz CT molecular complexity index is 984. The number of H-pyrrole nitrogens is 1. The molecular formula is C20H17FN4O. The average Bonchev–Trinajstić information content (AvgIpc) is 3.36. The van der Waals surface area contributed by atoms with Gasteiger partial charge in [-0.15, -0.1) is 0 Å². The molecule has 2 aliphatic rings. The summed E-state index contributed by atoms with van der Waals surface area (Å²) < 4.78 is 13.5. The predicted octanol–water partition coefficient (Wildman–Crippen LogP) is 3.36. The number of hydrogen-bond donors (Lipinski definition) is 2. The molecular weight excluding hydrogens is 331 g/mol. The predicted molar refractivity (Wildman–Crippen MR) is 97.5 cm³/mol. The fourth-order valence-electron chi connectivity index (χ4n) is 4.00. The Balaban J connectivity index is 1.40. The van der Waals surface area contributed by atoms with Gasteiger partial charge in [0.2, 0.25) is 0 Å². The molecule has 0 saturated carbocycles. The number of aromatic amines is 1. The third-order valence-corrected chi connectivity index (χ3v) is 5.36. The molecule has 1 amide bonds. The highest BCUT2D eigenvalue weighted by molar-refractivity contribution is 6.06. The van der Waals surface area contributed by atoms with Crippen LogP contribution in [-0.4, -0.2) is 28.2 Å². The van der Waals surface area contributed by atoms with E-state index in [9.17, 15) is 9.18 Å². The lowest BCUT2D eigenvalue weighted by molar-refractivity contribution is -0.120. The smallest absolute Gasteiger partial charge is 0.253 e. The molecule has 26 heavy (non-hydrogen) atoms. The zero-order valence-corrected chi connectivity index (χ0v) is 14.0. The van der Waals surface area contributed by atoms with Crippen molar-refractivity contribution in [2.75, 3.05) is 16.8 Å². The van der Waals surface area contributed by atoms with E-state index in [2.05, 4.69) is 15.5 Å². The maximum Gasteiger partial charge on any atom is 0.253 e. The SMILES string of the molecule is O=C1N(c2ccc(-c3cn[nH]c3)cc2)CCC12Cc1cc(F)ccc1N2. The topological polar surface area (TPSA) is 61.0 Å². The first-order valence-electron chi connectivity index (χ1n) is 8.62. The van der Waals surface area contributed by atoms with Crippen molar-refractivity contribution < 1.29 is 9.18 Å². The van der Waals surface area contributed by atoms with E-state index in [1.54, 1.807) is 12.3 Å². The summed E-state index contributed by atoms with van der Waals surface area (Å²) in [6, 6.07) is 12.6. The first-order chi connectivity index (χ1) is 12.6. The first kappa shape index (κ1) is 15.1. The highest BCUT2D eigenvalue weighted by Gasteiger charge is 2.50. The molecule has 2 N–H and O–H groups in total. The van der Waals surface area contributed by atoms with Gasteiger partial charge in [0.25, 0.3) is 5.91 Å². The Morgan fingerprint density at radius 3 is 2.73 bits per heavy atom. The van der Waals surface area contributed by atoms with Gasteiger partial charge in [-0.1, -0.05) is 12.1 Å². The van der Waals surface area contributed by atoms with Crippen molar-refractivity contribution in [1.82, 2.24) is 10.2 Å². The largest absolute Gasteiger partial charge is 0.371 e. The van der Waals surface area contributed by atoms with Gasteiger partial charge in [-0.2, -0.15) is 5.10 Å². The van der Waals surface area contributed by atoms with E-state index in [1.165, 1.54) is 12.1 Å². The van der Waals surface area contributed by atoms with Crippen LogP contribution in [0, 0.1) is 5.82 Å². The number of carbonyl (C=O) groups excluding carboxylic acids is 1. The van der Waals surface area contributed by atoms with Crippen LogP contribution in [0.4, 0.5) is 15.8 Å². The van der Waals surface area contributed by atoms with Gasteiger partial charge in [-0.25, -0.2) is 4.39 Å². The summed E-state index contributed by atoms with van der Waals surface area (Å²) in [4.78, 5) is 15.0. The lowest BCUT2D eigenvalue weighted by atomic mass is 9.93. The molecule has 3 heterocycles. The van der Waals surface area contributed by atoms with Crippen molar-refractivity contribution in [2.24, 2.45) is 0 Å². The van der Waals surface area contributed by atoms with Gasteiger partial charge in [-0.3, -0.25) is 9.89 Å². The van der Waals surface area contributed by atoms with Gasteiger partial charge in [0, 0.05) is 36.1 Å². The van der Waals surface area contributed by atoms with Gasteiger partial charge < -0.3 is 10.2 Å². The van der Waals surface area contributed by atoms with Crippen LogP contribution in [0.25, 0.3) is 11.1 Å². The minimum atomic E-state index is -0.653. The van der Waals surface area contributed by atoms with E-state index in [0.29, 0.717) is 19.4 Å². The van der Waals surface area contributed by atoms with Gasteiger partial charge in [0.15, 0.2) is 0 Å². The maximum absolute atomic E-state index is 13.5. The lowest BCUT2D eigenvalue weighted by Crippen LogP contribution is -2.45. The van der Waals surface area contributed by atoms with Crippen molar-refractivity contribution in [2.45, 2.75) is 18.4 Å². The summed E-state index contributed by atoms with van der Waals surface area (Å²) in [5, 5.41) is 10.1. The summed E-state index contributed by atoms with van der Waals surface area (Å²) in [5.41, 5.74) is 4.01. The van der Waals surface area contributed by atoms with Gasteiger partial charge in [0.05, 0.1) is 6.20 Å². The van der Waals surface area contributed by atoms with E-state index in [4.69, 9.17) is 0 Å². The molecule has 0 bridgehead atoms. The minimum absolute atomic E-state index is 0.0465. The number of halogens is 1. The van der Waals surface area contributed by atoms with Gasteiger partial charge in [0.1, 0.15) is 11.4 Å².